The standard InChI is InChI=1S/C13H17F/c1-4-9-5-6-11-10(12(9)14)7-8-13(11,2)3/h5-6H,4,7-8H2,1-3H3. The first-order chi connectivity index (χ1) is 6.56. The van der Waals surface area contributed by atoms with Gasteiger partial charge in [0.1, 0.15) is 5.82 Å². The first-order valence-corrected chi connectivity index (χ1v) is 5.37. The molecule has 0 aliphatic heterocycles. The molecule has 0 fully saturated rings. The van der Waals surface area contributed by atoms with Crippen LogP contribution in [0.15, 0.2) is 12.1 Å². The van der Waals surface area contributed by atoms with Gasteiger partial charge in [0, 0.05) is 0 Å². The summed E-state index contributed by atoms with van der Waals surface area (Å²) in [6.45, 7) is 6.40. The Bertz CT molecular complexity index is 364. The third kappa shape index (κ3) is 1.26. The van der Waals surface area contributed by atoms with Gasteiger partial charge in [-0.25, -0.2) is 4.39 Å². The third-order valence-electron chi connectivity index (χ3n) is 3.43. The molecule has 2 rings (SSSR count). The summed E-state index contributed by atoms with van der Waals surface area (Å²) in [6.07, 6.45) is 2.77. The van der Waals surface area contributed by atoms with Crippen molar-refractivity contribution >= 4 is 0 Å². The zero-order valence-corrected chi connectivity index (χ0v) is 9.15. The van der Waals surface area contributed by atoms with Crippen LogP contribution in [0.5, 0.6) is 0 Å². The molecular formula is C13H17F. The number of benzene rings is 1. The average Bonchev–Trinajstić information content (AvgIpc) is 2.44. The maximum atomic E-state index is 13.9. The molecule has 1 aliphatic rings. The summed E-state index contributed by atoms with van der Waals surface area (Å²) in [5.74, 6) is 0.0515. The van der Waals surface area contributed by atoms with Gasteiger partial charge >= 0.3 is 0 Å². The highest BCUT2D eigenvalue weighted by Crippen LogP contribution is 2.40. The number of hydrogen-bond acceptors (Lipinski definition) is 0. The van der Waals surface area contributed by atoms with Crippen molar-refractivity contribution in [1.29, 1.82) is 0 Å². The van der Waals surface area contributed by atoms with Gasteiger partial charge in [-0.15, -0.1) is 0 Å². The van der Waals surface area contributed by atoms with E-state index in [0.29, 0.717) is 0 Å². The molecular weight excluding hydrogens is 175 g/mol. The third-order valence-corrected chi connectivity index (χ3v) is 3.43. The van der Waals surface area contributed by atoms with E-state index in [1.165, 1.54) is 5.56 Å². The van der Waals surface area contributed by atoms with Crippen molar-refractivity contribution in [1.82, 2.24) is 0 Å². The molecule has 0 atom stereocenters. The van der Waals surface area contributed by atoms with Gasteiger partial charge in [-0.2, -0.15) is 0 Å². The summed E-state index contributed by atoms with van der Waals surface area (Å²) in [4.78, 5) is 0. The molecule has 0 bridgehead atoms. The lowest BCUT2D eigenvalue weighted by atomic mass is 9.86. The highest BCUT2D eigenvalue weighted by molar-refractivity contribution is 5.42. The van der Waals surface area contributed by atoms with E-state index in [1.54, 1.807) is 0 Å². The molecule has 0 heterocycles. The van der Waals surface area contributed by atoms with Crippen molar-refractivity contribution in [3.63, 3.8) is 0 Å². The molecule has 1 aromatic carbocycles. The lowest BCUT2D eigenvalue weighted by Crippen LogP contribution is -2.12. The largest absolute Gasteiger partial charge is 0.206 e. The number of rotatable bonds is 1. The molecule has 14 heavy (non-hydrogen) atoms. The van der Waals surface area contributed by atoms with Crippen LogP contribution in [0.25, 0.3) is 0 Å². The maximum absolute atomic E-state index is 13.9. The number of aryl methyl sites for hydroxylation is 1. The fraction of sp³-hybridized carbons (Fsp3) is 0.538. The van der Waals surface area contributed by atoms with Crippen LogP contribution in [0.4, 0.5) is 4.39 Å². The van der Waals surface area contributed by atoms with Crippen molar-refractivity contribution in [3.8, 4) is 0 Å². The molecule has 0 saturated carbocycles. The molecule has 76 valence electrons. The molecule has 1 aliphatic carbocycles. The molecule has 0 amide bonds. The smallest absolute Gasteiger partial charge is 0.129 e. The fourth-order valence-electron chi connectivity index (χ4n) is 2.39. The van der Waals surface area contributed by atoms with Gasteiger partial charge in [-0.05, 0) is 41.4 Å². The Hall–Kier alpha value is -0.850. The molecule has 0 radical (unpaired) electrons. The van der Waals surface area contributed by atoms with E-state index in [1.807, 2.05) is 13.0 Å². The van der Waals surface area contributed by atoms with Gasteiger partial charge in [0.05, 0.1) is 0 Å². The Morgan fingerprint density at radius 3 is 2.71 bits per heavy atom. The molecule has 0 nitrogen and oxygen atoms in total. The Morgan fingerprint density at radius 2 is 2.07 bits per heavy atom. The molecule has 0 saturated heterocycles. The van der Waals surface area contributed by atoms with Crippen molar-refractivity contribution < 1.29 is 4.39 Å². The summed E-state index contributed by atoms with van der Waals surface area (Å²) in [6, 6.07) is 4.06. The predicted molar refractivity (Wildman–Crippen MR) is 57.1 cm³/mol. The van der Waals surface area contributed by atoms with Crippen LogP contribution in [-0.4, -0.2) is 0 Å². The lowest BCUT2D eigenvalue weighted by molar-refractivity contribution is 0.522. The summed E-state index contributed by atoms with van der Waals surface area (Å²) >= 11 is 0. The molecule has 0 spiro atoms. The van der Waals surface area contributed by atoms with E-state index in [4.69, 9.17) is 0 Å². The quantitative estimate of drug-likeness (QED) is 0.637. The van der Waals surface area contributed by atoms with E-state index >= 15 is 0 Å². The first-order valence-electron chi connectivity index (χ1n) is 5.37. The van der Waals surface area contributed by atoms with Crippen LogP contribution >= 0.6 is 0 Å². The summed E-state index contributed by atoms with van der Waals surface area (Å²) in [5.41, 5.74) is 3.21. The average molecular weight is 192 g/mol. The number of hydrogen-bond donors (Lipinski definition) is 0. The highest BCUT2D eigenvalue weighted by Gasteiger charge is 2.31. The summed E-state index contributed by atoms with van der Waals surface area (Å²) in [7, 11) is 0. The summed E-state index contributed by atoms with van der Waals surface area (Å²) < 4.78 is 13.9. The number of halogens is 1. The Balaban J connectivity index is 2.58. The highest BCUT2D eigenvalue weighted by atomic mass is 19.1. The van der Waals surface area contributed by atoms with Crippen molar-refractivity contribution in [3.05, 3.63) is 34.6 Å². The van der Waals surface area contributed by atoms with E-state index in [9.17, 15) is 4.39 Å². The fourth-order valence-corrected chi connectivity index (χ4v) is 2.39. The topological polar surface area (TPSA) is 0 Å². The van der Waals surface area contributed by atoms with Crippen LogP contribution in [0, 0.1) is 5.82 Å². The van der Waals surface area contributed by atoms with E-state index in [0.717, 1.165) is 30.4 Å². The van der Waals surface area contributed by atoms with Gasteiger partial charge in [0.15, 0.2) is 0 Å². The Morgan fingerprint density at radius 1 is 1.36 bits per heavy atom. The Labute approximate surface area is 85.1 Å². The minimum absolute atomic E-state index is 0.0515. The SMILES string of the molecule is CCc1ccc2c(c1F)CCC2(C)C. The van der Waals surface area contributed by atoms with E-state index in [2.05, 4.69) is 19.9 Å². The van der Waals surface area contributed by atoms with Crippen LogP contribution < -0.4 is 0 Å². The van der Waals surface area contributed by atoms with E-state index in [-0.39, 0.29) is 11.2 Å². The lowest BCUT2D eigenvalue weighted by Gasteiger charge is -2.19. The monoisotopic (exact) mass is 192 g/mol. The minimum Gasteiger partial charge on any atom is -0.206 e. The van der Waals surface area contributed by atoms with Crippen molar-refractivity contribution in [2.45, 2.75) is 45.4 Å². The normalized spacial score (nSPS) is 18.3. The first kappa shape index (κ1) is 9.70. The van der Waals surface area contributed by atoms with Crippen LogP contribution in [0.1, 0.15) is 43.9 Å². The zero-order valence-electron chi connectivity index (χ0n) is 9.15. The summed E-state index contributed by atoms with van der Waals surface area (Å²) in [5, 5.41) is 0. The predicted octanol–water partition coefficient (Wildman–Crippen LogP) is 3.61. The van der Waals surface area contributed by atoms with Crippen LogP contribution in [-0.2, 0) is 18.3 Å². The van der Waals surface area contributed by atoms with E-state index < -0.39 is 0 Å². The van der Waals surface area contributed by atoms with Gasteiger partial charge in [0.25, 0.3) is 0 Å². The Kier molecular flexibility index (Phi) is 2.13. The van der Waals surface area contributed by atoms with Crippen LogP contribution in [0.3, 0.4) is 0 Å². The van der Waals surface area contributed by atoms with Gasteiger partial charge in [-0.1, -0.05) is 32.9 Å². The molecule has 1 heteroatoms. The second-order valence-corrected chi connectivity index (χ2v) is 4.80. The van der Waals surface area contributed by atoms with Gasteiger partial charge in [0.2, 0.25) is 0 Å². The van der Waals surface area contributed by atoms with Crippen molar-refractivity contribution in [2.24, 2.45) is 0 Å². The molecule has 0 unspecified atom stereocenters. The second-order valence-electron chi connectivity index (χ2n) is 4.80. The minimum atomic E-state index is 0.0515. The zero-order chi connectivity index (χ0) is 10.3. The molecule has 0 aromatic heterocycles. The number of fused-ring (bicyclic) bond motifs is 1. The van der Waals surface area contributed by atoms with Gasteiger partial charge in [-0.3, -0.25) is 0 Å². The molecule has 0 N–H and O–H groups in total. The van der Waals surface area contributed by atoms with Gasteiger partial charge < -0.3 is 0 Å². The van der Waals surface area contributed by atoms with Crippen LogP contribution in [0.2, 0.25) is 0 Å². The molecule has 1 aromatic rings. The maximum Gasteiger partial charge on any atom is 0.129 e. The second kappa shape index (κ2) is 3.08. The van der Waals surface area contributed by atoms with Crippen molar-refractivity contribution in [2.75, 3.05) is 0 Å².